The maximum atomic E-state index is 12.2. The summed E-state index contributed by atoms with van der Waals surface area (Å²) in [6, 6.07) is 14.3. The average molecular weight is 273 g/mol. The second kappa shape index (κ2) is 6.62. The molecule has 0 radical (unpaired) electrons. The van der Waals surface area contributed by atoms with E-state index in [-0.39, 0.29) is 5.24 Å². The molecule has 0 atom stereocenters. The average Bonchev–Trinajstić information content (AvgIpc) is 2.45. The summed E-state index contributed by atoms with van der Waals surface area (Å²) in [5.41, 5.74) is 0. The van der Waals surface area contributed by atoms with Gasteiger partial charge in [0.25, 0.3) is 5.24 Å². The van der Waals surface area contributed by atoms with Gasteiger partial charge in [-0.05, 0) is 35.0 Å². The van der Waals surface area contributed by atoms with Crippen LogP contribution in [0.3, 0.4) is 0 Å². The van der Waals surface area contributed by atoms with Crippen LogP contribution in [0.15, 0.2) is 47.4 Å². The van der Waals surface area contributed by atoms with Gasteiger partial charge in [-0.25, -0.2) is 0 Å². The standard InChI is InChI=1S/C16H19NOS/c1-3-4-12-17(2)16(18)19-15-11-7-9-13-8-5-6-10-14(13)15/h5-11H,3-4,12H2,1-2H3. The monoisotopic (exact) mass is 273 g/mol. The third kappa shape index (κ3) is 3.51. The van der Waals surface area contributed by atoms with Gasteiger partial charge in [-0.2, -0.15) is 0 Å². The molecule has 0 aliphatic rings. The highest BCUT2D eigenvalue weighted by molar-refractivity contribution is 8.13. The molecule has 0 saturated heterocycles. The predicted molar refractivity (Wildman–Crippen MR) is 82.7 cm³/mol. The highest BCUT2D eigenvalue weighted by Crippen LogP contribution is 2.29. The number of carbonyl (C=O) groups is 1. The van der Waals surface area contributed by atoms with Crippen LogP contribution >= 0.6 is 11.8 Å². The first-order valence-corrected chi connectivity index (χ1v) is 7.44. The lowest BCUT2D eigenvalue weighted by atomic mass is 10.1. The number of thioether (sulfide) groups is 1. The summed E-state index contributed by atoms with van der Waals surface area (Å²) in [5.74, 6) is 0. The zero-order chi connectivity index (χ0) is 13.7. The summed E-state index contributed by atoms with van der Waals surface area (Å²) in [7, 11) is 1.87. The Morgan fingerprint density at radius 1 is 1.16 bits per heavy atom. The second-order valence-corrected chi connectivity index (χ2v) is 5.61. The van der Waals surface area contributed by atoms with E-state index < -0.39 is 0 Å². The third-order valence-electron chi connectivity index (χ3n) is 3.11. The Morgan fingerprint density at radius 3 is 2.68 bits per heavy atom. The van der Waals surface area contributed by atoms with E-state index in [1.165, 1.54) is 17.1 Å². The van der Waals surface area contributed by atoms with Gasteiger partial charge in [0.2, 0.25) is 0 Å². The van der Waals surface area contributed by atoms with Crippen molar-refractivity contribution in [3.63, 3.8) is 0 Å². The lowest BCUT2D eigenvalue weighted by Crippen LogP contribution is -2.23. The minimum Gasteiger partial charge on any atom is -0.336 e. The fourth-order valence-electron chi connectivity index (χ4n) is 1.94. The number of amides is 1. The molecule has 0 bridgehead atoms. The molecular weight excluding hydrogens is 254 g/mol. The van der Waals surface area contributed by atoms with E-state index in [2.05, 4.69) is 25.1 Å². The van der Waals surface area contributed by atoms with Crippen molar-refractivity contribution in [2.24, 2.45) is 0 Å². The molecule has 0 heterocycles. The van der Waals surface area contributed by atoms with E-state index in [0.29, 0.717) is 0 Å². The second-order valence-electron chi connectivity index (χ2n) is 4.62. The Kier molecular flexibility index (Phi) is 4.86. The molecule has 0 spiro atoms. The number of hydrogen-bond donors (Lipinski definition) is 0. The minimum atomic E-state index is 0.116. The maximum Gasteiger partial charge on any atom is 0.286 e. The molecule has 0 aromatic heterocycles. The Hall–Kier alpha value is -1.48. The van der Waals surface area contributed by atoms with Crippen LogP contribution in [0.5, 0.6) is 0 Å². The Bertz CT molecular complexity index is 562. The maximum absolute atomic E-state index is 12.2. The molecule has 0 N–H and O–H groups in total. The summed E-state index contributed by atoms with van der Waals surface area (Å²) in [5, 5.41) is 2.44. The molecule has 0 unspecified atom stereocenters. The summed E-state index contributed by atoms with van der Waals surface area (Å²) >= 11 is 1.32. The number of benzene rings is 2. The lowest BCUT2D eigenvalue weighted by molar-refractivity contribution is 0.233. The fourth-order valence-corrected chi connectivity index (χ4v) is 2.82. The smallest absolute Gasteiger partial charge is 0.286 e. The third-order valence-corrected chi connectivity index (χ3v) is 4.17. The number of fused-ring (bicyclic) bond motifs is 1. The van der Waals surface area contributed by atoms with Crippen LogP contribution in [0, 0.1) is 0 Å². The van der Waals surface area contributed by atoms with E-state index in [1.807, 2.05) is 31.3 Å². The summed E-state index contributed by atoms with van der Waals surface area (Å²) in [6.07, 6.45) is 2.16. The predicted octanol–water partition coefficient (Wildman–Crippen LogP) is 4.78. The molecule has 0 fully saturated rings. The first-order chi connectivity index (χ1) is 9.22. The Morgan fingerprint density at radius 2 is 1.89 bits per heavy atom. The van der Waals surface area contributed by atoms with E-state index in [9.17, 15) is 4.79 Å². The van der Waals surface area contributed by atoms with Gasteiger partial charge >= 0.3 is 0 Å². The molecule has 0 saturated carbocycles. The van der Waals surface area contributed by atoms with Crippen molar-refractivity contribution in [1.82, 2.24) is 4.90 Å². The molecule has 100 valence electrons. The first kappa shape index (κ1) is 13.9. The van der Waals surface area contributed by atoms with Crippen molar-refractivity contribution in [3.05, 3.63) is 42.5 Å². The minimum absolute atomic E-state index is 0.116. The number of nitrogens with zero attached hydrogens (tertiary/aromatic N) is 1. The van der Waals surface area contributed by atoms with Gasteiger partial charge in [-0.1, -0.05) is 49.7 Å². The fraction of sp³-hybridized carbons (Fsp3) is 0.312. The normalized spacial score (nSPS) is 10.6. The summed E-state index contributed by atoms with van der Waals surface area (Å²) in [6.45, 7) is 2.96. The van der Waals surface area contributed by atoms with E-state index in [4.69, 9.17) is 0 Å². The molecule has 0 aliphatic carbocycles. The van der Waals surface area contributed by atoms with Crippen LogP contribution in [0.4, 0.5) is 4.79 Å². The Labute approximate surface area is 118 Å². The molecule has 2 rings (SSSR count). The lowest BCUT2D eigenvalue weighted by Gasteiger charge is -2.16. The van der Waals surface area contributed by atoms with Gasteiger partial charge in [-0.3, -0.25) is 4.79 Å². The van der Waals surface area contributed by atoms with Crippen LogP contribution in [-0.4, -0.2) is 23.7 Å². The van der Waals surface area contributed by atoms with Crippen LogP contribution in [0.2, 0.25) is 0 Å². The van der Waals surface area contributed by atoms with Gasteiger partial charge in [0.05, 0.1) is 0 Å². The highest BCUT2D eigenvalue weighted by Gasteiger charge is 2.11. The molecule has 1 amide bonds. The summed E-state index contributed by atoms with van der Waals surface area (Å²) < 4.78 is 0. The SMILES string of the molecule is CCCCN(C)C(=O)Sc1cccc2ccccc12. The van der Waals surface area contributed by atoms with E-state index >= 15 is 0 Å². The van der Waals surface area contributed by atoms with Crippen LogP contribution in [0.25, 0.3) is 10.8 Å². The topological polar surface area (TPSA) is 20.3 Å². The van der Waals surface area contributed by atoms with Crippen molar-refractivity contribution < 1.29 is 4.79 Å². The molecular formula is C16H19NOS. The van der Waals surface area contributed by atoms with Gasteiger partial charge in [0, 0.05) is 18.5 Å². The number of carbonyl (C=O) groups excluding carboxylic acids is 1. The van der Waals surface area contributed by atoms with Gasteiger partial charge < -0.3 is 4.90 Å². The van der Waals surface area contributed by atoms with Gasteiger partial charge in [-0.15, -0.1) is 0 Å². The molecule has 2 nitrogen and oxygen atoms in total. The largest absolute Gasteiger partial charge is 0.336 e. The van der Waals surface area contributed by atoms with E-state index in [1.54, 1.807) is 4.90 Å². The zero-order valence-electron chi connectivity index (χ0n) is 11.4. The zero-order valence-corrected chi connectivity index (χ0v) is 12.2. The molecule has 19 heavy (non-hydrogen) atoms. The van der Waals surface area contributed by atoms with Gasteiger partial charge in [0.15, 0.2) is 0 Å². The van der Waals surface area contributed by atoms with Crippen molar-refractivity contribution in [2.75, 3.05) is 13.6 Å². The Balaban J connectivity index is 2.15. The van der Waals surface area contributed by atoms with Gasteiger partial charge in [0.1, 0.15) is 0 Å². The van der Waals surface area contributed by atoms with Crippen LogP contribution in [0.1, 0.15) is 19.8 Å². The van der Waals surface area contributed by atoms with Crippen molar-refractivity contribution in [2.45, 2.75) is 24.7 Å². The van der Waals surface area contributed by atoms with Crippen molar-refractivity contribution in [1.29, 1.82) is 0 Å². The van der Waals surface area contributed by atoms with Crippen LogP contribution < -0.4 is 0 Å². The molecule has 3 heteroatoms. The van der Waals surface area contributed by atoms with Crippen molar-refractivity contribution in [3.8, 4) is 0 Å². The van der Waals surface area contributed by atoms with E-state index in [0.717, 1.165) is 29.7 Å². The number of unbranched alkanes of at least 4 members (excludes halogenated alkanes) is 1. The molecule has 0 aliphatic heterocycles. The van der Waals surface area contributed by atoms with Crippen molar-refractivity contribution >= 4 is 27.8 Å². The molecule has 2 aromatic carbocycles. The quantitative estimate of drug-likeness (QED) is 0.747. The first-order valence-electron chi connectivity index (χ1n) is 6.63. The number of hydrogen-bond acceptors (Lipinski definition) is 2. The summed E-state index contributed by atoms with van der Waals surface area (Å²) in [4.78, 5) is 15.0. The molecule has 2 aromatic rings. The van der Waals surface area contributed by atoms with Crippen LogP contribution in [-0.2, 0) is 0 Å². The highest BCUT2D eigenvalue weighted by atomic mass is 32.2. The number of rotatable bonds is 4.